The zero-order valence-corrected chi connectivity index (χ0v) is 8.45. The molecule has 1 aromatic carbocycles. The molecule has 70 valence electrons. The highest BCUT2D eigenvalue weighted by molar-refractivity contribution is 5.57. The fraction of sp³-hybridized carbons (Fsp3) is 0.333. The molecule has 0 aliphatic rings. The fourth-order valence-corrected chi connectivity index (χ4v) is 1.10. The highest BCUT2D eigenvalue weighted by Gasteiger charge is 1.96. The smallest absolute Gasteiger partial charge is 0.126 e. The van der Waals surface area contributed by atoms with Gasteiger partial charge in [-0.25, -0.2) is 0 Å². The molecule has 0 bridgehead atoms. The summed E-state index contributed by atoms with van der Waals surface area (Å²) in [5.74, 6) is 1.50. The number of methoxy groups -OCH3 is 1. The molecule has 0 amide bonds. The van der Waals surface area contributed by atoms with E-state index in [0.29, 0.717) is 5.92 Å². The zero-order chi connectivity index (χ0) is 9.68. The highest BCUT2D eigenvalue weighted by Crippen LogP contribution is 2.19. The lowest BCUT2D eigenvalue weighted by Gasteiger charge is -2.03. The molecule has 0 N–H and O–H groups in total. The number of para-hydroxylation sites is 1. The fourth-order valence-electron chi connectivity index (χ4n) is 1.10. The third-order valence-electron chi connectivity index (χ3n) is 1.80. The first-order valence-electron chi connectivity index (χ1n) is 4.55. The van der Waals surface area contributed by atoms with E-state index in [1.54, 1.807) is 7.11 Å². The third kappa shape index (κ3) is 2.94. The second kappa shape index (κ2) is 4.70. The Bertz CT molecular complexity index is 287. The minimum absolute atomic E-state index is 0.574. The molecule has 0 aliphatic heterocycles. The maximum Gasteiger partial charge on any atom is 0.126 e. The molecule has 0 saturated carbocycles. The van der Waals surface area contributed by atoms with Gasteiger partial charge in [0.05, 0.1) is 7.11 Å². The van der Waals surface area contributed by atoms with E-state index in [1.807, 2.05) is 18.2 Å². The van der Waals surface area contributed by atoms with Gasteiger partial charge in [-0.3, -0.25) is 0 Å². The third-order valence-corrected chi connectivity index (χ3v) is 1.80. The second-order valence-corrected chi connectivity index (χ2v) is 3.35. The molecule has 0 spiro atoms. The lowest BCUT2D eigenvalue weighted by atomic mass is 10.1. The molecule has 1 heteroatoms. The molecule has 0 fully saturated rings. The number of benzene rings is 1. The largest absolute Gasteiger partial charge is 0.496 e. The molecule has 0 aliphatic carbocycles. The normalized spacial score (nSPS) is 11.1. The van der Waals surface area contributed by atoms with E-state index in [9.17, 15) is 0 Å². The van der Waals surface area contributed by atoms with Crippen LogP contribution in [0.5, 0.6) is 5.75 Å². The SMILES string of the molecule is COc1ccccc1/C=C/C(C)C. The van der Waals surface area contributed by atoms with Gasteiger partial charge in [-0.2, -0.15) is 0 Å². The summed E-state index contributed by atoms with van der Waals surface area (Å²) in [4.78, 5) is 0. The van der Waals surface area contributed by atoms with E-state index in [1.165, 1.54) is 0 Å². The maximum atomic E-state index is 5.23. The first kappa shape index (κ1) is 9.85. The van der Waals surface area contributed by atoms with Crippen LogP contribution in [0.25, 0.3) is 6.08 Å². The molecule has 1 nitrogen and oxygen atoms in total. The van der Waals surface area contributed by atoms with Gasteiger partial charge in [0.1, 0.15) is 5.75 Å². The number of ether oxygens (including phenoxy) is 1. The van der Waals surface area contributed by atoms with Crippen molar-refractivity contribution in [1.29, 1.82) is 0 Å². The number of hydrogen-bond acceptors (Lipinski definition) is 1. The lowest BCUT2D eigenvalue weighted by molar-refractivity contribution is 0.414. The summed E-state index contributed by atoms with van der Waals surface area (Å²) in [7, 11) is 1.70. The quantitative estimate of drug-likeness (QED) is 0.686. The van der Waals surface area contributed by atoms with Crippen molar-refractivity contribution < 1.29 is 4.74 Å². The second-order valence-electron chi connectivity index (χ2n) is 3.35. The molecule has 0 aromatic heterocycles. The van der Waals surface area contributed by atoms with Crippen LogP contribution in [-0.2, 0) is 0 Å². The Morgan fingerprint density at radius 1 is 1.23 bits per heavy atom. The van der Waals surface area contributed by atoms with Gasteiger partial charge in [0.25, 0.3) is 0 Å². The number of allylic oxidation sites excluding steroid dienone is 1. The van der Waals surface area contributed by atoms with Gasteiger partial charge in [0.15, 0.2) is 0 Å². The zero-order valence-electron chi connectivity index (χ0n) is 8.45. The van der Waals surface area contributed by atoms with Crippen molar-refractivity contribution in [3.63, 3.8) is 0 Å². The Morgan fingerprint density at radius 2 is 1.92 bits per heavy atom. The van der Waals surface area contributed by atoms with Crippen LogP contribution < -0.4 is 4.74 Å². The van der Waals surface area contributed by atoms with E-state index in [-0.39, 0.29) is 0 Å². The Balaban J connectivity index is 2.87. The monoisotopic (exact) mass is 176 g/mol. The van der Waals surface area contributed by atoms with Gasteiger partial charge < -0.3 is 4.74 Å². The molecule has 0 unspecified atom stereocenters. The van der Waals surface area contributed by atoms with E-state index in [4.69, 9.17) is 4.74 Å². The Morgan fingerprint density at radius 3 is 2.54 bits per heavy atom. The van der Waals surface area contributed by atoms with Crippen LogP contribution in [0.2, 0.25) is 0 Å². The molecular weight excluding hydrogens is 160 g/mol. The van der Waals surface area contributed by atoms with Crippen LogP contribution in [0.4, 0.5) is 0 Å². The average molecular weight is 176 g/mol. The average Bonchev–Trinajstić information content (AvgIpc) is 2.15. The molecule has 1 aromatic rings. The minimum Gasteiger partial charge on any atom is -0.496 e. The Labute approximate surface area is 80.0 Å². The van der Waals surface area contributed by atoms with E-state index < -0.39 is 0 Å². The van der Waals surface area contributed by atoms with Crippen molar-refractivity contribution in [2.75, 3.05) is 7.11 Å². The molecule has 0 heterocycles. The summed E-state index contributed by atoms with van der Waals surface area (Å²) in [5.41, 5.74) is 1.14. The van der Waals surface area contributed by atoms with Crippen LogP contribution in [0, 0.1) is 5.92 Å². The van der Waals surface area contributed by atoms with Crippen molar-refractivity contribution in [3.8, 4) is 5.75 Å². The highest BCUT2D eigenvalue weighted by atomic mass is 16.5. The Kier molecular flexibility index (Phi) is 3.56. The Hall–Kier alpha value is -1.24. The molecule has 0 radical (unpaired) electrons. The summed E-state index contributed by atoms with van der Waals surface area (Å²) in [6.07, 6.45) is 4.27. The number of hydrogen-bond donors (Lipinski definition) is 0. The van der Waals surface area contributed by atoms with Gasteiger partial charge in [-0.1, -0.05) is 44.2 Å². The van der Waals surface area contributed by atoms with Crippen LogP contribution in [-0.4, -0.2) is 7.11 Å². The predicted molar refractivity (Wildman–Crippen MR) is 56.9 cm³/mol. The first-order valence-corrected chi connectivity index (χ1v) is 4.55. The lowest BCUT2D eigenvalue weighted by Crippen LogP contribution is -1.86. The van der Waals surface area contributed by atoms with Crippen LogP contribution in [0.15, 0.2) is 30.3 Å². The van der Waals surface area contributed by atoms with Crippen molar-refractivity contribution in [2.45, 2.75) is 13.8 Å². The predicted octanol–water partition coefficient (Wildman–Crippen LogP) is 3.36. The summed E-state index contributed by atoms with van der Waals surface area (Å²) in [6.45, 7) is 4.32. The molecule has 0 atom stereocenters. The van der Waals surface area contributed by atoms with Gasteiger partial charge in [-0.15, -0.1) is 0 Å². The van der Waals surface area contributed by atoms with E-state index >= 15 is 0 Å². The first-order chi connectivity index (χ1) is 6.24. The summed E-state index contributed by atoms with van der Waals surface area (Å²) in [5, 5.41) is 0. The topological polar surface area (TPSA) is 9.23 Å². The van der Waals surface area contributed by atoms with E-state index in [0.717, 1.165) is 11.3 Å². The summed E-state index contributed by atoms with van der Waals surface area (Å²) in [6, 6.07) is 8.02. The minimum atomic E-state index is 0.574. The maximum absolute atomic E-state index is 5.23. The van der Waals surface area contributed by atoms with Crippen molar-refractivity contribution >= 4 is 6.08 Å². The molecule has 13 heavy (non-hydrogen) atoms. The van der Waals surface area contributed by atoms with Crippen molar-refractivity contribution in [3.05, 3.63) is 35.9 Å². The van der Waals surface area contributed by atoms with Gasteiger partial charge in [0, 0.05) is 5.56 Å². The van der Waals surface area contributed by atoms with Crippen LogP contribution in [0.1, 0.15) is 19.4 Å². The van der Waals surface area contributed by atoms with E-state index in [2.05, 4.69) is 32.1 Å². The molecule has 1 rings (SSSR count). The van der Waals surface area contributed by atoms with Crippen LogP contribution >= 0.6 is 0 Å². The van der Waals surface area contributed by atoms with Gasteiger partial charge in [-0.05, 0) is 12.0 Å². The molecular formula is C12H16O. The van der Waals surface area contributed by atoms with Gasteiger partial charge in [0.2, 0.25) is 0 Å². The molecule has 0 saturated heterocycles. The van der Waals surface area contributed by atoms with Crippen molar-refractivity contribution in [2.24, 2.45) is 5.92 Å². The number of rotatable bonds is 3. The summed E-state index contributed by atoms with van der Waals surface area (Å²) < 4.78 is 5.23. The van der Waals surface area contributed by atoms with Crippen LogP contribution in [0.3, 0.4) is 0 Å². The van der Waals surface area contributed by atoms with Crippen molar-refractivity contribution in [1.82, 2.24) is 0 Å². The summed E-state index contributed by atoms with van der Waals surface area (Å²) >= 11 is 0. The van der Waals surface area contributed by atoms with Gasteiger partial charge >= 0.3 is 0 Å². The standard InChI is InChI=1S/C12H16O/c1-10(2)8-9-11-6-4-5-7-12(11)13-3/h4-10H,1-3H3/b9-8+.